The van der Waals surface area contributed by atoms with E-state index in [2.05, 4.69) is 10.3 Å². The number of hydrogen-bond acceptors (Lipinski definition) is 5. The largest absolute Gasteiger partial charge is 0.383 e. The van der Waals surface area contributed by atoms with E-state index in [-0.39, 0.29) is 23.8 Å². The Bertz CT molecular complexity index is 1000. The number of pyridine rings is 1. The molecule has 1 fully saturated rings. The normalized spacial score (nSPS) is 17.8. The smallest absolute Gasteiger partial charge is 0.282 e. The molecule has 2 aromatic rings. The third-order valence-corrected chi connectivity index (χ3v) is 7.41. The molecule has 2 aliphatic rings. The highest BCUT2D eigenvalue weighted by atomic mass is 32.2. The number of amides is 1. The van der Waals surface area contributed by atoms with Crippen molar-refractivity contribution in [2.75, 3.05) is 25.4 Å². The van der Waals surface area contributed by atoms with Gasteiger partial charge in [0.15, 0.2) is 0 Å². The maximum atomic E-state index is 12.9. The van der Waals surface area contributed by atoms with E-state index in [1.807, 2.05) is 30.3 Å². The summed E-state index contributed by atoms with van der Waals surface area (Å²) in [5.74, 6) is -0.147. The van der Waals surface area contributed by atoms with Gasteiger partial charge in [-0.15, -0.1) is 0 Å². The van der Waals surface area contributed by atoms with Gasteiger partial charge < -0.3 is 11.1 Å². The molecule has 0 aliphatic carbocycles. The number of nitrogen functional groups attached to an aromatic ring is 1. The van der Waals surface area contributed by atoms with Crippen molar-refractivity contribution in [1.82, 2.24) is 18.9 Å². The van der Waals surface area contributed by atoms with Crippen LogP contribution in [0.5, 0.6) is 0 Å². The quantitative estimate of drug-likeness (QED) is 0.765. The lowest BCUT2D eigenvalue weighted by Gasteiger charge is -2.31. The van der Waals surface area contributed by atoms with Crippen LogP contribution in [-0.2, 0) is 29.7 Å². The Kier molecular flexibility index (Phi) is 5.53. The van der Waals surface area contributed by atoms with Gasteiger partial charge in [-0.3, -0.25) is 4.79 Å². The van der Waals surface area contributed by atoms with Crippen molar-refractivity contribution in [2.24, 2.45) is 0 Å². The second-order valence-electron chi connectivity index (χ2n) is 7.39. The number of nitrogens with two attached hydrogens (primary N) is 1. The molecule has 29 heavy (non-hydrogen) atoms. The van der Waals surface area contributed by atoms with Gasteiger partial charge in [0.1, 0.15) is 5.82 Å². The predicted molar refractivity (Wildman–Crippen MR) is 110 cm³/mol. The molecule has 0 atom stereocenters. The van der Waals surface area contributed by atoms with Crippen LogP contribution in [0.1, 0.15) is 40.0 Å². The lowest BCUT2D eigenvalue weighted by molar-refractivity contribution is 0.0951. The number of carbonyl (C=O) groups is 1. The number of anilines is 1. The fourth-order valence-corrected chi connectivity index (χ4v) is 5.47. The summed E-state index contributed by atoms with van der Waals surface area (Å²) >= 11 is 0. The molecule has 8 nitrogen and oxygen atoms in total. The van der Waals surface area contributed by atoms with E-state index in [1.54, 1.807) is 6.07 Å². The number of nitrogens with zero attached hydrogens (tertiary/aromatic N) is 3. The van der Waals surface area contributed by atoms with Gasteiger partial charge in [0.05, 0.1) is 5.56 Å². The zero-order chi connectivity index (χ0) is 20.4. The predicted octanol–water partition coefficient (Wildman–Crippen LogP) is 1.29. The summed E-state index contributed by atoms with van der Waals surface area (Å²) in [4.78, 5) is 17.0. The van der Waals surface area contributed by atoms with E-state index in [4.69, 9.17) is 5.73 Å². The van der Waals surface area contributed by atoms with Crippen LogP contribution in [0.4, 0.5) is 5.82 Å². The van der Waals surface area contributed by atoms with E-state index in [9.17, 15) is 13.2 Å². The molecule has 0 unspecified atom stereocenters. The van der Waals surface area contributed by atoms with Gasteiger partial charge in [-0.1, -0.05) is 30.3 Å². The molecule has 3 heterocycles. The fourth-order valence-electron chi connectivity index (χ4n) is 3.80. The van der Waals surface area contributed by atoms with Gasteiger partial charge in [0, 0.05) is 44.8 Å². The highest BCUT2D eigenvalue weighted by molar-refractivity contribution is 7.86. The summed E-state index contributed by atoms with van der Waals surface area (Å²) in [6.45, 7) is 2.10. The van der Waals surface area contributed by atoms with Crippen molar-refractivity contribution in [2.45, 2.75) is 32.4 Å². The van der Waals surface area contributed by atoms with Gasteiger partial charge >= 0.3 is 0 Å². The Hall–Kier alpha value is -2.49. The number of benzene rings is 1. The Morgan fingerprint density at radius 3 is 2.55 bits per heavy atom. The van der Waals surface area contributed by atoms with E-state index < -0.39 is 10.2 Å². The van der Waals surface area contributed by atoms with Crippen molar-refractivity contribution < 1.29 is 13.2 Å². The standard InChI is InChI=1S/C20H25N5O3S/c21-19-17(20(26)22-13-15-6-2-1-3-7-15)12-16-14-25(11-8-18(16)23-19)29(27,28)24-9-4-5-10-24/h1-3,6-7,12H,4-5,8-11,13-14H2,(H2,21,23)(H,22,26). The van der Waals surface area contributed by atoms with Crippen molar-refractivity contribution >= 4 is 21.9 Å². The van der Waals surface area contributed by atoms with Crippen LogP contribution >= 0.6 is 0 Å². The van der Waals surface area contributed by atoms with Crippen molar-refractivity contribution in [3.05, 3.63) is 58.8 Å². The number of rotatable bonds is 5. The minimum absolute atomic E-state index is 0.171. The first-order valence-corrected chi connectivity index (χ1v) is 11.2. The zero-order valence-corrected chi connectivity index (χ0v) is 17.0. The minimum atomic E-state index is -3.49. The van der Waals surface area contributed by atoms with Crippen molar-refractivity contribution in [3.63, 3.8) is 0 Å². The number of aromatic nitrogens is 1. The topological polar surface area (TPSA) is 109 Å². The van der Waals surface area contributed by atoms with Crippen LogP contribution in [0, 0.1) is 0 Å². The third-order valence-electron chi connectivity index (χ3n) is 5.42. The van der Waals surface area contributed by atoms with Gasteiger partial charge in [-0.25, -0.2) is 4.98 Å². The Balaban J connectivity index is 1.51. The molecule has 154 valence electrons. The summed E-state index contributed by atoms with van der Waals surface area (Å²) in [6, 6.07) is 11.3. The summed E-state index contributed by atoms with van der Waals surface area (Å²) in [5, 5.41) is 2.85. The van der Waals surface area contributed by atoms with Crippen LogP contribution < -0.4 is 11.1 Å². The van der Waals surface area contributed by atoms with Crippen LogP contribution in [-0.4, -0.2) is 47.6 Å². The molecule has 1 saturated heterocycles. The molecule has 4 rings (SSSR count). The average molecular weight is 416 g/mol. The van der Waals surface area contributed by atoms with Crippen molar-refractivity contribution in [1.29, 1.82) is 0 Å². The Morgan fingerprint density at radius 1 is 1.10 bits per heavy atom. The number of nitrogens with one attached hydrogen (secondary N) is 1. The molecule has 9 heteroatoms. The molecule has 0 saturated carbocycles. The second kappa shape index (κ2) is 8.10. The van der Waals surface area contributed by atoms with Crippen LogP contribution in [0.15, 0.2) is 36.4 Å². The van der Waals surface area contributed by atoms with Crippen LogP contribution in [0.3, 0.4) is 0 Å². The molecule has 0 radical (unpaired) electrons. The minimum Gasteiger partial charge on any atom is -0.383 e. The number of hydrogen-bond donors (Lipinski definition) is 2. The van der Waals surface area contributed by atoms with E-state index in [0.29, 0.717) is 32.6 Å². The summed E-state index contributed by atoms with van der Waals surface area (Å²) < 4.78 is 28.8. The molecule has 1 amide bonds. The van der Waals surface area contributed by atoms with Crippen LogP contribution in [0.25, 0.3) is 0 Å². The molecular weight excluding hydrogens is 390 g/mol. The van der Waals surface area contributed by atoms with Gasteiger partial charge in [0.25, 0.3) is 16.1 Å². The summed E-state index contributed by atoms with van der Waals surface area (Å²) in [6.07, 6.45) is 2.28. The fraction of sp³-hybridized carbons (Fsp3) is 0.400. The molecule has 0 bridgehead atoms. The van der Waals surface area contributed by atoms with Crippen LogP contribution in [0.2, 0.25) is 0 Å². The first-order chi connectivity index (χ1) is 13.9. The van der Waals surface area contributed by atoms with Gasteiger partial charge in [-0.05, 0) is 30.0 Å². The molecule has 1 aromatic carbocycles. The first kappa shape index (κ1) is 19.8. The number of carbonyl (C=O) groups excluding carboxylic acids is 1. The highest BCUT2D eigenvalue weighted by Crippen LogP contribution is 2.26. The highest BCUT2D eigenvalue weighted by Gasteiger charge is 2.34. The molecule has 1 aromatic heterocycles. The Labute approximate surface area is 170 Å². The average Bonchev–Trinajstić information content (AvgIpc) is 3.28. The Morgan fingerprint density at radius 2 is 1.83 bits per heavy atom. The second-order valence-corrected chi connectivity index (χ2v) is 9.32. The van der Waals surface area contributed by atoms with E-state index in [1.165, 1.54) is 8.61 Å². The van der Waals surface area contributed by atoms with E-state index >= 15 is 0 Å². The lowest BCUT2D eigenvalue weighted by Crippen LogP contribution is -2.45. The SMILES string of the molecule is Nc1nc2c(cc1C(=O)NCc1ccccc1)CN(S(=O)(=O)N1CCCC1)CC2. The third kappa shape index (κ3) is 4.12. The maximum absolute atomic E-state index is 12.9. The lowest BCUT2D eigenvalue weighted by atomic mass is 10.0. The number of fused-ring (bicyclic) bond motifs is 1. The monoisotopic (exact) mass is 415 g/mol. The zero-order valence-electron chi connectivity index (χ0n) is 16.2. The molecule has 2 aliphatic heterocycles. The van der Waals surface area contributed by atoms with Gasteiger partial charge in [-0.2, -0.15) is 17.0 Å². The van der Waals surface area contributed by atoms with Crippen molar-refractivity contribution in [3.8, 4) is 0 Å². The molecule has 0 spiro atoms. The first-order valence-electron chi connectivity index (χ1n) is 9.81. The molecular formula is C20H25N5O3S. The summed E-state index contributed by atoms with van der Waals surface area (Å²) in [7, 11) is -3.49. The maximum Gasteiger partial charge on any atom is 0.282 e. The summed E-state index contributed by atoms with van der Waals surface area (Å²) in [5.41, 5.74) is 8.77. The van der Waals surface area contributed by atoms with Gasteiger partial charge in [0.2, 0.25) is 0 Å². The van der Waals surface area contributed by atoms with E-state index in [0.717, 1.165) is 29.7 Å². The molecule has 3 N–H and O–H groups in total.